The van der Waals surface area contributed by atoms with E-state index in [2.05, 4.69) is 0 Å². The summed E-state index contributed by atoms with van der Waals surface area (Å²) >= 11 is 0. The van der Waals surface area contributed by atoms with Crippen LogP contribution >= 0.6 is 0 Å². The van der Waals surface area contributed by atoms with Crippen molar-refractivity contribution in [2.24, 2.45) is 0 Å². The van der Waals surface area contributed by atoms with Crippen molar-refractivity contribution in [3.05, 3.63) is 59.2 Å². The van der Waals surface area contributed by atoms with Crippen LogP contribution in [0.25, 0.3) is 0 Å². The van der Waals surface area contributed by atoms with E-state index in [1.54, 1.807) is 0 Å². The fourth-order valence-corrected chi connectivity index (χ4v) is 1.45. The van der Waals surface area contributed by atoms with Crippen LogP contribution < -0.4 is 0 Å². The third-order valence-corrected chi connectivity index (χ3v) is 2.59. The molecule has 2 rings (SSSR count). The van der Waals surface area contributed by atoms with Gasteiger partial charge in [-0.1, -0.05) is 0 Å². The lowest BCUT2D eigenvalue weighted by Crippen LogP contribution is -2.00. The van der Waals surface area contributed by atoms with E-state index in [1.165, 1.54) is 24.3 Å². The van der Waals surface area contributed by atoms with Gasteiger partial charge >= 0.3 is 17.9 Å². The van der Waals surface area contributed by atoms with E-state index in [0.717, 1.165) is 18.2 Å². The fourth-order valence-electron chi connectivity index (χ4n) is 1.45. The minimum atomic E-state index is -1.30. The second-order valence-electron chi connectivity index (χ2n) is 4.19. The van der Waals surface area contributed by atoms with Crippen LogP contribution in [-0.4, -0.2) is 43.4 Å². The van der Waals surface area contributed by atoms with E-state index in [4.69, 9.17) is 25.5 Å². The quantitative estimate of drug-likeness (QED) is 0.574. The van der Waals surface area contributed by atoms with E-state index >= 15 is 0 Å². The first-order chi connectivity index (χ1) is 10.7. The molecule has 2 aromatic rings. The molecule has 0 unspecified atom stereocenters. The molecule has 8 nitrogen and oxygen atoms in total. The molecule has 0 aromatic heterocycles. The van der Waals surface area contributed by atoms with Crippen LogP contribution in [0.2, 0.25) is 0 Å². The minimum Gasteiger partial charge on any atom is -0.508 e. The monoisotopic (exact) mass is 320 g/mol. The Morgan fingerprint density at radius 3 is 1.52 bits per heavy atom. The number of aromatic carboxylic acids is 3. The molecule has 5 N–H and O–H groups in total. The Kier molecular flexibility index (Phi) is 5.67. The molecule has 8 heteroatoms. The molecule has 0 radical (unpaired) electrons. The Labute approximate surface area is 129 Å². The van der Waals surface area contributed by atoms with Crippen molar-refractivity contribution in [2.45, 2.75) is 0 Å². The maximum absolute atomic E-state index is 10.4. The molecule has 0 amide bonds. The van der Waals surface area contributed by atoms with Crippen LogP contribution in [-0.2, 0) is 0 Å². The van der Waals surface area contributed by atoms with Gasteiger partial charge in [-0.25, -0.2) is 14.4 Å². The lowest BCUT2D eigenvalue weighted by molar-refractivity contribution is 0.0678. The van der Waals surface area contributed by atoms with Crippen molar-refractivity contribution >= 4 is 17.9 Å². The molecule has 0 bridgehead atoms. The lowest BCUT2D eigenvalue weighted by Gasteiger charge is -1.99. The van der Waals surface area contributed by atoms with Gasteiger partial charge in [0.05, 0.1) is 11.1 Å². The summed E-state index contributed by atoms with van der Waals surface area (Å²) in [6.07, 6.45) is 0. The van der Waals surface area contributed by atoms with E-state index in [0.29, 0.717) is 0 Å². The number of phenols is 2. The van der Waals surface area contributed by atoms with Gasteiger partial charge in [0.25, 0.3) is 0 Å². The smallest absolute Gasteiger partial charge is 0.339 e. The molecule has 0 aliphatic rings. The molecule has 0 spiro atoms. The zero-order valence-electron chi connectivity index (χ0n) is 11.5. The number of benzene rings is 2. The summed E-state index contributed by atoms with van der Waals surface area (Å²) < 4.78 is 0. The van der Waals surface area contributed by atoms with Crippen molar-refractivity contribution in [1.82, 2.24) is 0 Å². The van der Waals surface area contributed by atoms with Crippen LogP contribution in [0.5, 0.6) is 11.5 Å². The number of carboxylic acid groups (broad SMARTS) is 3. The van der Waals surface area contributed by atoms with Crippen LogP contribution in [0.1, 0.15) is 31.1 Å². The number of carbonyl (C=O) groups is 3. The standard InChI is InChI=1S/C8H6O5.C7H6O3/c9-6-3-4(7(10)11)1-2-5(6)8(12)13;8-6-3-1-5(2-4-6)7(9)10/h1-3,9H,(H,10,11)(H,12,13);1-4,8H,(H,9,10). The zero-order valence-corrected chi connectivity index (χ0v) is 11.5. The van der Waals surface area contributed by atoms with E-state index in [1.807, 2.05) is 0 Å². The largest absolute Gasteiger partial charge is 0.508 e. The molecule has 0 atom stereocenters. The summed E-state index contributed by atoms with van der Waals surface area (Å²) in [5.41, 5.74) is -0.287. The Morgan fingerprint density at radius 2 is 1.13 bits per heavy atom. The highest BCUT2D eigenvalue weighted by Crippen LogP contribution is 2.18. The van der Waals surface area contributed by atoms with Gasteiger partial charge in [0.2, 0.25) is 0 Å². The zero-order chi connectivity index (χ0) is 17.6. The third-order valence-electron chi connectivity index (χ3n) is 2.59. The topological polar surface area (TPSA) is 152 Å². The van der Waals surface area contributed by atoms with Gasteiger partial charge in [-0.15, -0.1) is 0 Å². The molecule has 23 heavy (non-hydrogen) atoms. The molecule has 0 saturated heterocycles. The van der Waals surface area contributed by atoms with Gasteiger partial charge in [0.1, 0.15) is 17.1 Å². The number of rotatable bonds is 3. The Bertz CT molecular complexity index is 734. The first kappa shape index (κ1) is 17.5. The normalized spacial score (nSPS) is 9.39. The summed E-state index contributed by atoms with van der Waals surface area (Å²) in [6.45, 7) is 0. The summed E-state index contributed by atoms with van der Waals surface area (Å²) in [7, 11) is 0. The molecule has 0 fully saturated rings. The van der Waals surface area contributed by atoms with E-state index < -0.39 is 23.7 Å². The van der Waals surface area contributed by atoms with Crippen molar-refractivity contribution < 1.29 is 39.9 Å². The molecule has 0 aliphatic heterocycles. The molecular formula is C15H12O8. The maximum atomic E-state index is 10.4. The van der Waals surface area contributed by atoms with E-state index in [-0.39, 0.29) is 22.4 Å². The minimum absolute atomic E-state index is 0.0741. The Hall–Kier alpha value is -3.55. The Balaban J connectivity index is 0.000000238. The Morgan fingerprint density at radius 1 is 0.652 bits per heavy atom. The summed E-state index contributed by atoms with van der Waals surface area (Å²) in [5, 5.41) is 43.2. The fraction of sp³-hybridized carbons (Fsp3) is 0. The number of aromatic hydroxyl groups is 2. The van der Waals surface area contributed by atoms with Gasteiger partial charge in [0.15, 0.2) is 0 Å². The van der Waals surface area contributed by atoms with Crippen molar-refractivity contribution in [2.75, 3.05) is 0 Å². The highest BCUT2D eigenvalue weighted by molar-refractivity contribution is 5.94. The summed E-state index contributed by atoms with van der Waals surface area (Å²) in [5.74, 6) is -3.97. The molecule has 0 aliphatic carbocycles. The SMILES string of the molecule is O=C(O)c1ccc(C(=O)O)c(O)c1.O=C(O)c1ccc(O)cc1. The van der Waals surface area contributed by atoms with Crippen molar-refractivity contribution in [3.8, 4) is 11.5 Å². The predicted molar refractivity (Wildman–Crippen MR) is 77.1 cm³/mol. The number of hydrogen-bond acceptors (Lipinski definition) is 5. The molecule has 2 aromatic carbocycles. The first-order valence-electron chi connectivity index (χ1n) is 6.04. The average Bonchev–Trinajstić information content (AvgIpc) is 2.47. The van der Waals surface area contributed by atoms with Gasteiger partial charge < -0.3 is 25.5 Å². The molecule has 120 valence electrons. The highest BCUT2D eigenvalue weighted by atomic mass is 16.4. The average molecular weight is 320 g/mol. The number of phenolic OH excluding ortho intramolecular Hbond substituents is 1. The van der Waals surface area contributed by atoms with Crippen LogP contribution in [0.3, 0.4) is 0 Å². The van der Waals surface area contributed by atoms with E-state index in [9.17, 15) is 14.4 Å². The van der Waals surface area contributed by atoms with Gasteiger partial charge in [-0.3, -0.25) is 0 Å². The van der Waals surface area contributed by atoms with Crippen LogP contribution in [0.4, 0.5) is 0 Å². The van der Waals surface area contributed by atoms with Gasteiger partial charge in [0, 0.05) is 0 Å². The maximum Gasteiger partial charge on any atom is 0.339 e. The second kappa shape index (κ2) is 7.46. The molecule has 0 heterocycles. The number of carboxylic acids is 3. The van der Waals surface area contributed by atoms with Crippen molar-refractivity contribution in [3.63, 3.8) is 0 Å². The second-order valence-corrected chi connectivity index (χ2v) is 4.19. The van der Waals surface area contributed by atoms with Crippen LogP contribution in [0, 0.1) is 0 Å². The lowest BCUT2D eigenvalue weighted by atomic mass is 10.1. The van der Waals surface area contributed by atoms with Crippen molar-refractivity contribution in [1.29, 1.82) is 0 Å². The molecule has 0 saturated carbocycles. The van der Waals surface area contributed by atoms with Crippen LogP contribution in [0.15, 0.2) is 42.5 Å². The molecular weight excluding hydrogens is 308 g/mol. The van der Waals surface area contributed by atoms with Gasteiger partial charge in [-0.05, 0) is 42.5 Å². The van der Waals surface area contributed by atoms with Gasteiger partial charge in [-0.2, -0.15) is 0 Å². The highest BCUT2D eigenvalue weighted by Gasteiger charge is 2.11. The first-order valence-corrected chi connectivity index (χ1v) is 6.04. The predicted octanol–water partition coefficient (Wildman–Crippen LogP) is 1.88. The third kappa shape index (κ3) is 5.05. The summed E-state index contributed by atoms with van der Waals surface area (Å²) in [4.78, 5) is 31.0. The summed E-state index contributed by atoms with van der Waals surface area (Å²) in [6, 6.07) is 8.42. The number of hydrogen-bond donors (Lipinski definition) is 5.